The largest absolute Gasteiger partial charge is 0.460 e. The molecule has 0 aliphatic heterocycles. The molecule has 1 aliphatic carbocycles. The van der Waals surface area contributed by atoms with Gasteiger partial charge >= 0.3 is 5.97 Å². The van der Waals surface area contributed by atoms with Crippen molar-refractivity contribution in [1.82, 2.24) is 5.32 Å². The van der Waals surface area contributed by atoms with Gasteiger partial charge in [0.05, 0.1) is 6.54 Å². The van der Waals surface area contributed by atoms with Crippen LogP contribution in [0.3, 0.4) is 0 Å². The van der Waals surface area contributed by atoms with E-state index in [0.29, 0.717) is 31.0 Å². The first-order chi connectivity index (χ1) is 8.93. The van der Waals surface area contributed by atoms with Crippen molar-refractivity contribution < 1.29 is 9.53 Å². The van der Waals surface area contributed by atoms with Crippen molar-refractivity contribution in [2.45, 2.75) is 47.1 Å². The Morgan fingerprint density at radius 1 is 1.42 bits per heavy atom. The molecule has 3 nitrogen and oxygen atoms in total. The van der Waals surface area contributed by atoms with E-state index in [-0.39, 0.29) is 5.97 Å². The summed E-state index contributed by atoms with van der Waals surface area (Å²) in [6.07, 6.45) is 5.48. The number of allylic oxidation sites excluding steroid dienone is 3. The molecule has 0 fully saturated rings. The van der Waals surface area contributed by atoms with E-state index in [4.69, 9.17) is 4.74 Å². The molecule has 3 heteroatoms. The molecule has 0 saturated heterocycles. The van der Waals surface area contributed by atoms with Gasteiger partial charge in [0.15, 0.2) is 0 Å². The number of carbonyl (C=O) groups excluding carboxylic acids is 1. The van der Waals surface area contributed by atoms with E-state index >= 15 is 0 Å². The van der Waals surface area contributed by atoms with Crippen LogP contribution in [-0.4, -0.2) is 25.2 Å². The van der Waals surface area contributed by atoms with Crippen LogP contribution in [0, 0.1) is 11.8 Å². The fourth-order valence-electron chi connectivity index (χ4n) is 2.17. The maximum absolute atomic E-state index is 11.6. The number of hydrogen-bond acceptors (Lipinski definition) is 3. The van der Waals surface area contributed by atoms with Crippen molar-refractivity contribution in [3.8, 4) is 0 Å². The standard InChI is InChI=1S/C16H27NO2/c1-6-13(4)17-9-16(18)19-10-15-8-11(2)7-12(3)14(15)5/h7-8,11,13-14,17H,6,9-10H2,1-5H3. The van der Waals surface area contributed by atoms with Gasteiger partial charge in [-0.25, -0.2) is 0 Å². The lowest BCUT2D eigenvalue weighted by molar-refractivity contribution is -0.141. The number of rotatable bonds is 6. The maximum Gasteiger partial charge on any atom is 0.320 e. The summed E-state index contributed by atoms with van der Waals surface area (Å²) in [6, 6.07) is 0.352. The number of ether oxygens (including phenoxy) is 1. The van der Waals surface area contributed by atoms with Crippen LogP contribution in [0.4, 0.5) is 0 Å². The summed E-state index contributed by atoms with van der Waals surface area (Å²) in [7, 11) is 0. The van der Waals surface area contributed by atoms with Crippen LogP contribution in [0.2, 0.25) is 0 Å². The van der Waals surface area contributed by atoms with Gasteiger partial charge < -0.3 is 10.1 Å². The minimum Gasteiger partial charge on any atom is -0.460 e. The highest BCUT2D eigenvalue weighted by Crippen LogP contribution is 2.27. The molecule has 0 heterocycles. The van der Waals surface area contributed by atoms with Gasteiger partial charge in [-0.05, 0) is 31.8 Å². The van der Waals surface area contributed by atoms with Gasteiger partial charge in [0, 0.05) is 12.0 Å². The first-order valence-corrected chi connectivity index (χ1v) is 7.22. The van der Waals surface area contributed by atoms with Gasteiger partial charge in [-0.15, -0.1) is 0 Å². The highest BCUT2D eigenvalue weighted by Gasteiger charge is 2.18. The molecule has 0 aromatic rings. The van der Waals surface area contributed by atoms with Crippen LogP contribution >= 0.6 is 0 Å². The molecule has 1 aliphatic rings. The first kappa shape index (κ1) is 16.0. The zero-order chi connectivity index (χ0) is 14.4. The molecule has 0 spiro atoms. The van der Waals surface area contributed by atoms with Gasteiger partial charge in [0.2, 0.25) is 0 Å². The smallest absolute Gasteiger partial charge is 0.320 e. The molecule has 108 valence electrons. The second-order valence-electron chi connectivity index (χ2n) is 5.58. The molecule has 0 saturated carbocycles. The molecule has 0 radical (unpaired) electrons. The molecule has 19 heavy (non-hydrogen) atoms. The third-order valence-corrected chi connectivity index (χ3v) is 3.85. The SMILES string of the molecule is CCC(C)NCC(=O)OCC1=CC(C)C=C(C)C1C. The quantitative estimate of drug-likeness (QED) is 0.592. The predicted octanol–water partition coefficient (Wildman–Crippen LogP) is 3.08. The normalized spacial score (nSPS) is 24.5. The fraction of sp³-hybridized carbons (Fsp3) is 0.688. The Morgan fingerprint density at radius 2 is 2.11 bits per heavy atom. The average Bonchev–Trinajstić information content (AvgIpc) is 2.38. The summed E-state index contributed by atoms with van der Waals surface area (Å²) in [5, 5.41) is 3.14. The minimum absolute atomic E-state index is 0.173. The van der Waals surface area contributed by atoms with E-state index in [2.05, 4.69) is 52.1 Å². The van der Waals surface area contributed by atoms with Gasteiger partial charge in [0.25, 0.3) is 0 Å². The van der Waals surface area contributed by atoms with Gasteiger partial charge in [0.1, 0.15) is 6.61 Å². The second-order valence-corrected chi connectivity index (χ2v) is 5.58. The number of carbonyl (C=O) groups is 1. The van der Waals surface area contributed by atoms with Crippen molar-refractivity contribution in [2.75, 3.05) is 13.2 Å². The summed E-state index contributed by atoms with van der Waals surface area (Å²) in [5.74, 6) is 0.642. The van der Waals surface area contributed by atoms with Crippen LogP contribution in [-0.2, 0) is 9.53 Å². The Hall–Kier alpha value is -1.09. The monoisotopic (exact) mass is 265 g/mol. The number of nitrogens with one attached hydrogen (secondary N) is 1. The molecular formula is C16H27NO2. The van der Waals surface area contributed by atoms with E-state index in [9.17, 15) is 4.79 Å². The van der Waals surface area contributed by atoms with Gasteiger partial charge in [-0.1, -0.05) is 38.5 Å². The molecule has 3 atom stereocenters. The first-order valence-electron chi connectivity index (χ1n) is 7.22. The lowest BCUT2D eigenvalue weighted by Crippen LogP contribution is -2.32. The Morgan fingerprint density at radius 3 is 2.74 bits per heavy atom. The van der Waals surface area contributed by atoms with Crippen LogP contribution in [0.5, 0.6) is 0 Å². The minimum atomic E-state index is -0.173. The van der Waals surface area contributed by atoms with Crippen LogP contribution in [0.1, 0.15) is 41.0 Å². The average molecular weight is 265 g/mol. The Labute approximate surface area is 117 Å². The number of hydrogen-bond donors (Lipinski definition) is 1. The van der Waals surface area contributed by atoms with E-state index in [1.807, 2.05) is 0 Å². The Balaban J connectivity index is 2.38. The second kappa shape index (κ2) is 7.49. The molecule has 0 amide bonds. The summed E-state index contributed by atoms with van der Waals surface area (Å²) < 4.78 is 5.35. The van der Waals surface area contributed by atoms with Gasteiger partial charge in [-0.3, -0.25) is 4.79 Å². The third-order valence-electron chi connectivity index (χ3n) is 3.85. The summed E-state index contributed by atoms with van der Waals surface area (Å²) >= 11 is 0. The lowest BCUT2D eigenvalue weighted by Gasteiger charge is -2.23. The van der Waals surface area contributed by atoms with Crippen molar-refractivity contribution in [3.05, 3.63) is 23.3 Å². The van der Waals surface area contributed by atoms with Crippen molar-refractivity contribution >= 4 is 5.97 Å². The topological polar surface area (TPSA) is 38.3 Å². The summed E-state index contributed by atoms with van der Waals surface area (Å²) in [5.41, 5.74) is 2.57. The lowest BCUT2D eigenvalue weighted by atomic mass is 9.85. The molecule has 1 N–H and O–H groups in total. The van der Waals surface area contributed by atoms with Crippen LogP contribution in [0.25, 0.3) is 0 Å². The molecule has 3 unspecified atom stereocenters. The van der Waals surface area contributed by atoms with Crippen molar-refractivity contribution in [3.63, 3.8) is 0 Å². The Bertz CT molecular complexity index is 371. The van der Waals surface area contributed by atoms with E-state index in [1.54, 1.807) is 0 Å². The van der Waals surface area contributed by atoms with E-state index < -0.39 is 0 Å². The van der Waals surface area contributed by atoms with E-state index in [0.717, 1.165) is 6.42 Å². The third kappa shape index (κ3) is 5.19. The zero-order valence-electron chi connectivity index (χ0n) is 12.8. The highest BCUT2D eigenvalue weighted by molar-refractivity contribution is 5.71. The van der Waals surface area contributed by atoms with Crippen LogP contribution < -0.4 is 5.32 Å². The molecule has 1 rings (SSSR count). The number of esters is 1. The molecule has 0 bridgehead atoms. The maximum atomic E-state index is 11.6. The zero-order valence-corrected chi connectivity index (χ0v) is 12.8. The predicted molar refractivity (Wildman–Crippen MR) is 78.9 cm³/mol. The molecule has 0 aromatic heterocycles. The summed E-state index contributed by atoms with van der Waals surface area (Å²) in [6.45, 7) is 11.3. The highest BCUT2D eigenvalue weighted by atomic mass is 16.5. The van der Waals surface area contributed by atoms with E-state index in [1.165, 1.54) is 11.1 Å². The van der Waals surface area contributed by atoms with Crippen LogP contribution in [0.15, 0.2) is 23.3 Å². The fourth-order valence-corrected chi connectivity index (χ4v) is 2.17. The summed E-state index contributed by atoms with van der Waals surface area (Å²) in [4.78, 5) is 11.6. The Kier molecular flexibility index (Phi) is 6.29. The van der Waals surface area contributed by atoms with Crippen molar-refractivity contribution in [2.24, 2.45) is 11.8 Å². The molecule has 0 aromatic carbocycles. The van der Waals surface area contributed by atoms with Crippen molar-refractivity contribution in [1.29, 1.82) is 0 Å². The molecular weight excluding hydrogens is 238 g/mol. The van der Waals surface area contributed by atoms with Gasteiger partial charge in [-0.2, -0.15) is 0 Å².